The Bertz CT molecular complexity index is 1200. The van der Waals surface area contributed by atoms with Gasteiger partial charge < -0.3 is 9.94 Å². The molecule has 0 aliphatic carbocycles. The number of oxime groups is 1. The number of aromatic carboxylic acids is 1. The maximum atomic E-state index is 14.1. The first-order valence-corrected chi connectivity index (χ1v) is 9.89. The molecule has 0 bridgehead atoms. The SMILES string of the molecule is O=C(O)c1ccc(C2=NOC(c3cc(Cl)c(F)c(Cl)c3)(C(F)(F)F)C2)c2ccsc12. The largest absolute Gasteiger partial charge is 0.478 e. The molecule has 11 heteroatoms. The molecule has 3 aromatic rings. The maximum absolute atomic E-state index is 14.1. The number of rotatable bonds is 3. The van der Waals surface area contributed by atoms with Gasteiger partial charge in [-0.3, -0.25) is 0 Å². The standard InChI is InChI=1S/C19H9Cl2F4NO3S/c20-12-5-8(6-13(21)15(12)22)18(19(23,24)25)7-14(26-29-18)9-1-2-11(17(27)28)16-10(9)3-4-30-16/h1-6H,7H2,(H,27,28). The van der Waals surface area contributed by atoms with E-state index in [1.54, 1.807) is 11.4 Å². The molecular weight excluding hydrogens is 469 g/mol. The number of fused-ring (bicyclic) bond motifs is 1. The van der Waals surface area contributed by atoms with Crippen molar-refractivity contribution < 1.29 is 32.3 Å². The van der Waals surface area contributed by atoms with E-state index in [0.717, 1.165) is 23.5 Å². The quantitative estimate of drug-likeness (QED) is 0.340. The predicted octanol–water partition coefficient (Wildman–Crippen LogP) is 6.63. The normalized spacial score (nSPS) is 19.1. The minimum atomic E-state index is -4.93. The van der Waals surface area contributed by atoms with Crippen LogP contribution in [0.15, 0.2) is 40.9 Å². The molecule has 0 saturated carbocycles. The van der Waals surface area contributed by atoms with E-state index >= 15 is 0 Å². The lowest BCUT2D eigenvalue weighted by atomic mass is 9.86. The zero-order valence-electron chi connectivity index (χ0n) is 14.6. The number of halogens is 6. The number of carbonyl (C=O) groups is 1. The second kappa shape index (κ2) is 7.11. The van der Waals surface area contributed by atoms with Gasteiger partial charge in [0.05, 0.1) is 21.3 Å². The summed E-state index contributed by atoms with van der Waals surface area (Å²) in [5.74, 6) is -2.19. The Kier molecular flexibility index (Phi) is 4.95. The fourth-order valence-corrected chi connectivity index (χ4v) is 4.73. The summed E-state index contributed by atoms with van der Waals surface area (Å²) in [6.45, 7) is 0. The van der Waals surface area contributed by atoms with Gasteiger partial charge in [-0.2, -0.15) is 13.2 Å². The summed E-state index contributed by atoms with van der Waals surface area (Å²) in [6, 6.07) is 5.91. The maximum Gasteiger partial charge on any atom is 0.435 e. The highest BCUT2D eigenvalue weighted by atomic mass is 35.5. The lowest BCUT2D eigenvalue weighted by Gasteiger charge is -2.29. The van der Waals surface area contributed by atoms with E-state index in [-0.39, 0.29) is 11.3 Å². The van der Waals surface area contributed by atoms with E-state index in [1.165, 1.54) is 12.1 Å². The highest BCUT2D eigenvalue weighted by molar-refractivity contribution is 7.17. The summed E-state index contributed by atoms with van der Waals surface area (Å²) in [4.78, 5) is 16.3. The molecule has 0 fully saturated rings. The van der Waals surface area contributed by atoms with E-state index in [0.29, 0.717) is 15.6 Å². The molecule has 0 spiro atoms. The smallest absolute Gasteiger partial charge is 0.435 e. The van der Waals surface area contributed by atoms with E-state index in [2.05, 4.69) is 5.16 Å². The van der Waals surface area contributed by atoms with Crippen molar-refractivity contribution in [1.82, 2.24) is 0 Å². The monoisotopic (exact) mass is 477 g/mol. The third-order valence-corrected chi connectivity index (χ3v) is 6.29. The molecule has 1 unspecified atom stereocenters. The minimum Gasteiger partial charge on any atom is -0.478 e. The summed E-state index contributed by atoms with van der Waals surface area (Å²) < 4.78 is 56.5. The molecule has 2 heterocycles. The predicted molar refractivity (Wildman–Crippen MR) is 105 cm³/mol. The van der Waals surface area contributed by atoms with Gasteiger partial charge in [0.15, 0.2) is 5.82 Å². The van der Waals surface area contributed by atoms with Gasteiger partial charge in [0.1, 0.15) is 0 Å². The van der Waals surface area contributed by atoms with E-state index in [9.17, 15) is 27.5 Å². The molecule has 1 aliphatic rings. The summed E-state index contributed by atoms with van der Waals surface area (Å²) in [7, 11) is 0. The van der Waals surface area contributed by atoms with E-state index in [4.69, 9.17) is 28.0 Å². The number of alkyl halides is 3. The molecule has 0 saturated heterocycles. The first kappa shape index (κ1) is 20.9. The number of carboxylic acid groups (broad SMARTS) is 1. The molecule has 1 N–H and O–H groups in total. The molecule has 30 heavy (non-hydrogen) atoms. The minimum absolute atomic E-state index is 0.0300. The Labute approximate surface area is 180 Å². The fourth-order valence-electron chi connectivity index (χ4n) is 3.32. The van der Waals surface area contributed by atoms with Crippen LogP contribution in [0.1, 0.15) is 27.9 Å². The van der Waals surface area contributed by atoms with Crippen molar-refractivity contribution in [2.45, 2.75) is 18.2 Å². The average molecular weight is 478 g/mol. The summed E-state index contributed by atoms with van der Waals surface area (Å²) >= 11 is 12.5. The fraction of sp³-hybridized carbons (Fsp3) is 0.158. The first-order chi connectivity index (χ1) is 14.0. The van der Waals surface area contributed by atoms with Crippen LogP contribution in [0, 0.1) is 5.82 Å². The van der Waals surface area contributed by atoms with E-state index in [1.807, 2.05) is 0 Å². The second-order valence-electron chi connectivity index (χ2n) is 6.51. The van der Waals surface area contributed by atoms with E-state index < -0.39 is 45.6 Å². The number of nitrogens with zero attached hydrogens (tertiary/aromatic N) is 1. The molecule has 4 nitrogen and oxygen atoms in total. The van der Waals surface area contributed by atoms with Crippen molar-refractivity contribution in [1.29, 1.82) is 0 Å². The zero-order valence-corrected chi connectivity index (χ0v) is 16.9. The van der Waals surface area contributed by atoms with Crippen LogP contribution >= 0.6 is 34.5 Å². The van der Waals surface area contributed by atoms with Gasteiger partial charge in [-0.05, 0) is 29.6 Å². The molecule has 156 valence electrons. The number of hydrogen-bond acceptors (Lipinski definition) is 4. The van der Waals surface area contributed by atoms with Crippen molar-refractivity contribution >= 4 is 56.3 Å². The third kappa shape index (κ3) is 3.12. The Morgan fingerprint density at radius 3 is 2.47 bits per heavy atom. The Balaban J connectivity index is 1.83. The molecule has 0 radical (unpaired) electrons. The molecular formula is C19H9Cl2F4NO3S. The van der Waals surface area contributed by atoms with Crippen molar-refractivity contribution in [3.05, 3.63) is 68.3 Å². The first-order valence-electron chi connectivity index (χ1n) is 8.26. The molecule has 1 aromatic heterocycles. The van der Waals surface area contributed by atoms with Crippen LogP contribution in [0.5, 0.6) is 0 Å². The van der Waals surface area contributed by atoms with Gasteiger partial charge in [0, 0.05) is 27.6 Å². The zero-order chi connectivity index (χ0) is 21.8. The Morgan fingerprint density at radius 2 is 1.87 bits per heavy atom. The molecule has 4 rings (SSSR count). The molecule has 1 atom stereocenters. The summed E-state index contributed by atoms with van der Waals surface area (Å²) in [5.41, 5.74) is -3.11. The topological polar surface area (TPSA) is 58.9 Å². The van der Waals surface area contributed by atoms with Gasteiger partial charge in [-0.1, -0.05) is 34.4 Å². The van der Waals surface area contributed by atoms with Crippen LogP contribution in [0.2, 0.25) is 10.0 Å². The number of benzene rings is 2. The number of thiophene rings is 1. The average Bonchev–Trinajstić information content (AvgIpc) is 3.32. The highest BCUT2D eigenvalue weighted by Crippen LogP contribution is 2.50. The van der Waals surface area contributed by atoms with Gasteiger partial charge in [-0.15, -0.1) is 11.3 Å². The van der Waals surface area contributed by atoms with Gasteiger partial charge in [0.2, 0.25) is 0 Å². The van der Waals surface area contributed by atoms with Crippen LogP contribution in [0.3, 0.4) is 0 Å². The van der Waals surface area contributed by atoms with Crippen LogP contribution in [0.25, 0.3) is 10.1 Å². The van der Waals surface area contributed by atoms with Gasteiger partial charge in [-0.25, -0.2) is 9.18 Å². The third-order valence-electron chi connectivity index (χ3n) is 4.79. The van der Waals surface area contributed by atoms with Crippen molar-refractivity contribution in [3.63, 3.8) is 0 Å². The number of carboxylic acids is 1. The van der Waals surface area contributed by atoms with Crippen molar-refractivity contribution in [2.75, 3.05) is 0 Å². The van der Waals surface area contributed by atoms with Crippen LogP contribution in [-0.4, -0.2) is 23.0 Å². The van der Waals surface area contributed by atoms with Crippen LogP contribution < -0.4 is 0 Å². The van der Waals surface area contributed by atoms with Gasteiger partial charge in [0.25, 0.3) is 5.60 Å². The lowest BCUT2D eigenvalue weighted by molar-refractivity contribution is -0.275. The van der Waals surface area contributed by atoms with Crippen molar-refractivity contribution in [3.8, 4) is 0 Å². The van der Waals surface area contributed by atoms with Crippen LogP contribution in [0.4, 0.5) is 17.6 Å². The molecule has 1 aliphatic heterocycles. The number of hydrogen-bond donors (Lipinski definition) is 1. The van der Waals surface area contributed by atoms with Crippen molar-refractivity contribution in [2.24, 2.45) is 5.16 Å². The molecule has 2 aromatic carbocycles. The summed E-state index contributed by atoms with van der Waals surface area (Å²) in [6.07, 6.45) is -5.66. The summed E-state index contributed by atoms with van der Waals surface area (Å²) in [5, 5.41) is 13.9. The van der Waals surface area contributed by atoms with Crippen LogP contribution in [-0.2, 0) is 10.4 Å². The Hall–Kier alpha value is -2.36. The Morgan fingerprint density at radius 1 is 1.20 bits per heavy atom. The molecule has 0 amide bonds. The lowest BCUT2D eigenvalue weighted by Crippen LogP contribution is -2.42. The van der Waals surface area contributed by atoms with Gasteiger partial charge >= 0.3 is 12.1 Å². The second-order valence-corrected chi connectivity index (χ2v) is 8.24. The highest BCUT2D eigenvalue weighted by Gasteiger charge is 2.62.